The van der Waals surface area contributed by atoms with E-state index in [4.69, 9.17) is 4.74 Å². The first-order valence-corrected chi connectivity index (χ1v) is 9.38. The van der Waals surface area contributed by atoms with Crippen LogP contribution in [0.15, 0.2) is 36.4 Å². The largest absolute Gasteiger partial charge is 0.483 e. The highest BCUT2D eigenvalue weighted by molar-refractivity contribution is 5.92. The van der Waals surface area contributed by atoms with Gasteiger partial charge in [0.1, 0.15) is 5.75 Å². The van der Waals surface area contributed by atoms with Crippen LogP contribution >= 0.6 is 0 Å². The predicted molar refractivity (Wildman–Crippen MR) is 107 cm³/mol. The highest BCUT2D eigenvalue weighted by atomic mass is 16.5. The first-order valence-electron chi connectivity index (χ1n) is 9.38. The third kappa shape index (κ3) is 4.57. The monoisotopic (exact) mass is 352 g/mol. The number of hydrogen-bond donors (Lipinski definition) is 1. The van der Waals surface area contributed by atoms with Gasteiger partial charge in [-0.1, -0.05) is 6.07 Å². The van der Waals surface area contributed by atoms with E-state index in [0.717, 1.165) is 30.1 Å². The van der Waals surface area contributed by atoms with E-state index in [1.165, 1.54) is 36.1 Å². The Balaban J connectivity index is 1.54. The van der Waals surface area contributed by atoms with Crippen molar-refractivity contribution in [2.24, 2.45) is 0 Å². The second-order valence-corrected chi connectivity index (χ2v) is 7.13. The van der Waals surface area contributed by atoms with Crippen molar-refractivity contribution in [3.05, 3.63) is 53.1 Å². The number of carbonyl (C=O) groups excluding carboxylic acids is 1. The van der Waals surface area contributed by atoms with Crippen LogP contribution in [0.5, 0.6) is 5.75 Å². The molecular formula is C22H28N2O2. The van der Waals surface area contributed by atoms with Crippen LogP contribution in [0, 0.1) is 20.8 Å². The zero-order chi connectivity index (χ0) is 18.5. The van der Waals surface area contributed by atoms with Gasteiger partial charge in [0.15, 0.2) is 6.61 Å². The van der Waals surface area contributed by atoms with Crippen LogP contribution in [0.25, 0.3) is 0 Å². The number of anilines is 2. The van der Waals surface area contributed by atoms with E-state index in [0.29, 0.717) is 0 Å². The molecule has 2 aromatic rings. The molecule has 1 fully saturated rings. The van der Waals surface area contributed by atoms with Crippen LogP contribution in [0.3, 0.4) is 0 Å². The minimum absolute atomic E-state index is 0.0111. The Morgan fingerprint density at radius 3 is 2.31 bits per heavy atom. The van der Waals surface area contributed by atoms with Crippen LogP contribution in [-0.4, -0.2) is 25.6 Å². The van der Waals surface area contributed by atoms with E-state index >= 15 is 0 Å². The van der Waals surface area contributed by atoms with Crippen molar-refractivity contribution in [1.29, 1.82) is 0 Å². The smallest absolute Gasteiger partial charge is 0.262 e. The lowest BCUT2D eigenvalue weighted by atomic mass is 10.1. The molecular weight excluding hydrogens is 324 g/mol. The molecule has 3 rings (SSSR count). The van der Waals surface area contributed by atoms with Crippen LogP contribution in [0.4, 0.5) is 11.4 Å². The SMILES string of the molecule is Cc1cc(C)c(OCC(=O)Nc2ccc(N3CCCCC3)cc2)cc1C. The van der Waals surface area contributed by atoms with Crippen LogP contribution < -0.4 is 15.0 Å². The molecule has 1 N–H and O–H groups in total. The average molecular weight is 352 g/mol. The van der Waals surface area contributed by atoms with Crippen molar-refractivity contribution >= 4 is 17.3 Å². The van der Waals surface area contributed by atoms with Crippen molar-refractivity contribution in [3.63, 3.8) is 0 Å². The molecule has 138 valence electrons. The summed E-state index contributed by atoms with van der Waals surface area (Å²) in [4.78, 5) is 14.6. The standard InChI is InChI=1S/C22H28N2O2/c1-16-13-18(3)21(14-17(16)2)26-15-22(25)23-19-7-9-20(10-8-19)24-11-5-4-6-12-24/h7-10,13-14H,4-6,11-12,15H2,1-3H3,(H,23,25). The molecule has 0 bridgehead atoms. The van der Waals surface area contributed by atoms with E-state index in [2.05, 4.69) is 35.3 Å². The zero-order valence-electron chi connectivity index (χ0n) is 16.0. The van der Waals surface area contributed by atoms with Gasteiger partial charge in [-0.3, -0.25) is 4.79 Å². The third-order valence-corrected chi connectivity index (χ3v) is 5.02. The number of carbonyl (C=O) groups is 1. The van der Waals surface area contributed by atoms with Crippen LogP contribution in [-0.2, 0) is 4.79 Å². The molecule has 1 amide bonds. The molecule has 2 aromatic carbocycles. The normalized spacial score (nSPS) is 14.2. The van der Waals surface area contributed by atoms with E-state index in [1.807, 2.05) is 32.0 Å². The molecule has 1 heterocycles. The average Bonchev–Trinajstić information content (AvgIpc) is 2.65. The Morgan fingerprint density at radius 1 is 0.962 bits per heavy atom. The van der Waals surface area contributed by atoms with E-state index in [1.54, 1.807) is 0 Å². The molecule has 0 radical (unpaired) electrons. The number of nitrogens with one attached hydrogen (secondary N) is 1. The molecule has 1 saturated heterocycles. The van der Waals surface area contributed by atoms with E-state index in [9.17, 15) is 4.79 Å². The number of benzene rings is 2. The third-order valence-electron chi connectivity index (χ3n) is 5.02. The Hall–Kier alpha value is -2.49. The summed E-state index contributed by atoms with van der Waals surface area (Å²) in [6, 6.07) is 12.2. The van der Waals surface area contributed by atoms with Gasteiger partial charge in [0, 0.05) is 24.5 Å². The summed E-state index contributed by atoms with van der Waals surface area (Å²) in [5.41, 5.74) is 5.47. The summed E-state index contributed by atoms with van der Waals surface area (Å²) >= 11 is 0. The number of ether oxygens (including phenoxy) is 1. The summed E-state index contributed by atoms with van der Waals surface area (Å²) in [5, 5.41) is 2.91. The minimum atomic E-state index is -0.145. The predicted octanol–water partition coefficient (Wildman–Crippen LogP) is 4.62. The van der Waals surface area contributed by atoms with Gasteiger partial charge in [-0.25, -0.2) is 0 Å². The van der Waals surface area contributed by atoms with Gasteiger partial charge < -0.3 is 15.0 Å². The van der Waals surface area contributed by atoms with Crippen molar-refractivity contribution in [2.75, 3.05) is 29.9 Å². The van der Waals surface area contributed by atoms with Crippen LogP contribution in [0.1, 0.15) is 36.0 Å². The second-order valence-electron chi connectivity index (χ2n) is 7.13. The highest BCUT2D eigenvalue weighted by Crippen LogP contribution is 2.23. The molecule has 4 heteroatoms. The summed E-state index contributed by atoms with van der Waals surface area (Å²) < 4.78 is 5.71. The number of piperidine rings is 1. The van der Waals surface area contributed by atoms with Gasteiger partial charge in [-0.15, -0.1) is 0 Å². The molecule has 0 spiro atoms. The summed E-state index contributed by atoms with van der Waals surface area (Å²) in [5.74, 6) is 0.622. The second kappa shape index (κ2) is 8.26. The lowest BCUT2D eigenvalue weighted by Crippen LogP contribution is -2.29. The first-order chi connectivity index (χ1) is 12.5. The molecule has 1 aliphatic rings. The number of hydrogen-bond acceptors (Lipinski definition) is 3. The number of aryl methyl sites for hydroxylation is 3. The van der Waals surface area contributed by atoms with Gasteiger partial charge in [0.05, 0.1) is 0 Å². The molecule has 0 aromatic heterocycles. The fourth-order valence-corrected chi connectivity index (χ4v) is 3.34. The maximum atomic E-state index is 12.2. The van der Waals surface area contributed by atoms with E-state index in [-0.39, 0.29) is 12.5 Å². The maximum absolute atomic E-state index is 12.2. The van der Waals surface area contributed by atoms with Crippen molar-refractivity contribution in [2.45, 2.75) is 40.0 Å². The van der Waals surface area contributed by atoms with Gasteiger partial charge in [-0.05, 0) is 87.1 Å². The van der Waals surface area contributed by atoms with Crippen molar-refractivity contribution in [1.82, 2.24) is 0 Å². The maximum Gasteiger partial charge on any atom is 0.262 e. The van der Waals surface area contributed by atoms with Crippen LogP contribution in [0.2, 0.25) is 0 Å². The fourth-order valence-electron chi connectivity index (χ4n) is 3.34. The summed E-state index contributed by atoms with van der Waals surface area (Å²) in [7, 11) is 0. The minimum Gasteiger partial charge on any atom is -0.483 e. The fraction of sp³-hybridized carbons (Fsp3) is 0.409. The number of amides is 1. The van der Waals surface area contributed by atoms with E-state index < -0.39 is 0 Å². The lowest BCUT2D eigenvalue weighted by Gasteiger charge is -2.28. The topological polar surface area (TPSA) is 41.6 Å². The van der Waals surface area contributed by atoms with Gasteiger partial charge in [0.2, 0.25) is 0 Å². The Morgan fingerprint density at radius 2 is 1.62 bits per heavy atom. The molecule has 1 aliphatic heterocycles. The van der Waals surface area contributed by atoms with Gasteiger partial charge in [0.25, 0.3) is 5.91 Å². The molecule has 0 saturated carbocycles. The Kier molecular flexibility index (Phi) is 5.82. The Labute approximate surface area is 156 Å². The molecule has 0 unspecified atom stereocenters. The van der Waals surface area contributed by atoms with Gasteiger partial charge >= 0.3 is 0 Å². The first kappa shape index (κ1) is 18.3. The summed E-state index contributed by atoms with van der Waals surface area (Å²) in [6.07, 6.45) is 3.84. The summed E-state index contributed by atoms with van der Waals surface area (Å²) in [6.45, 7) is 8.37. The molecule has 0 atom stereocenters. The van der Waals surface area contributed by atoms with Crippen molar-refractivity contribution in [3.8, 4) is 5.75 Å². The number of rotatable bonds is 5. The molecule has 0 aliphatic carbocycles. The number of nitrogens with zero attached hydrogens (tertiary/aromatic N) is 1. The Bertz CT molecular complexity index is 762. The zero-order valence-corrected chi connectivity index (χ0v) is 16.0. The van der Waals surface area contributed by atoms with Gasteiger partial charge in [-0.2, -0.15) is 0 Å². The molecule has 26 heavy (non-hydrogen) atoms. The molecule has 4 nitrogen and oxygen atoms in total. The lowest BCUT2D eigenvalue weighted by molar-refractivity contribution is -0.118. The highest BCUT2D eigenvalue weighted by Gasteiger charge is 2.11. The van der Waals surface area contributed by atoms with Crippen molar-refractivity contribution < 1.29 is 9.53 Å². The quantitative estimate of drug-likeness (QED) is 0.854.